The molecule has 0 saturated heterocycles. The summed E-state index contributed by atoms with van der Waals surface area (Å²) in [6, 6.07) is 15.4. The second-order valence-electron chi connectivity index (χ2n) is 7.06. The fraction of sp³-hybridized carbons (Fsp3) is 0.208. The standard InChI is InChI=1S/C24H23N3O4/c1-16-9-10-20(31-16)11-12-23(29)30-15-22(28)26-24-21(13-25)17(2)18(3)27(24)14-19-7-5-4-6-8-19/h4-12H,14-15H2,1-3H3,(H,26,28)/b12-11+. The molecule has 1 aromatic carbocycles. The molecule has 0 fully saturated rings. The number of aromatic nitrogens is 1. The maximum absolute atomic E-state index is 12.4. The summed E-state index contributed by atoms with van der Waals surface area (Å²) in [5, 5.41) is 12.3. The van der Waals surface area contributed by atoms with E-state index in [0.717, 1.165) is 22.6 Å². The van der Waals surface area contributed by atoms with E-state index in [2.05, 4.69) is 11.4 Å². The summed E-state index contributed by atoms with van der Waals surface area (Å²) < 4.78 is 12.2. The van der Waals surface area contributed by atoms with Gasteiger partial charge in [0.15, 0.2) is 6.61 Å². The normalized spacial score (nSPS) is 10.8. The first-order chi connectivity index (χ1) is 14.9. The molecule has 0 saturated carbocycles. The molecule has 31 heavy (non-hydrogen) atoms. The van der Waals surface area contributed by atoms with Crippen LogP contribution < -0.4 is 5.32 Å². The van der Waals surface area contributed by atoms with Crippen molar-refractivity contribution in [3.63, 3.8) is 0 Å². The number of hydrogen-bond acceptors (Lipinski definition) is 5. The van der Waals surface area contributed by atoms with Crippen LogP contribution in [0.5, 0.6) is 0 Å². The molecule has 1 amide bonds. The van der Waals surface area contributed by atoms with Gasteiger partial charge in [-0.15, -0.1) is 0 Å². The number of ether oxygens (including phenoxy) is 1. The first-order valence-electron chi connectivity index (χ1n) is 9.74. The molecule has 1 N–H and O–H groups in total. The van der Waals surface area contributed by atoms with E-state index in [9.17, 15) is 14.9 Å². The molecule has 0 aliphatic heterocycles. The molecule has 0 aliphatic rings. The lowest BCUT2D eigenvalue weighted by atomic mass is 10.2. The smallest absolute Gasteiger partial charge is 0.331 e. The van der Waals surface area contributed by atoms with Gasteiger partial charge < -0.3 is 19.0 Å². The number of carbonyl (C=O) groups excluding carboxylic acids is 2. The monoisotopic (exact) mass is 417 g/mol. The first kappa shape index (κ1) is 21.7. The Bertz CT molecular complexity index is 1160. The predicted octanol–water partition coefficient (Wildman–Crippen LogP) is 4.12. The van der Waals surface area contributed by atoms with Gasteiger partial charge in [0, 0.05) is 18.3 Å². The molecule has 158 valence electrons. The van der Waals surface area contributed by atoms with Gasteiger partial charge in [0.1, 0.15) is 23.4 Å². The molecule has 3 rings (SSSR count). The zero-order valence-corrected chi connectivity index (χ0v) is 17.6. The number of nitriles is 1. The van der Waals surface area contributed by atoms with Gasteiger partial charge in [0.05, 0.1) is 5.56 Å². The van der Waals surface area contributed by atoms with Gasteiger partial charge in [-0.3, -0.25) is 4.79 Å². The van der Waals surface area contributed by atoms with Crippen LogP contribution in [0.2, 0.25) is 0 Å². The van der Waals surface area contributed by atoms with Gasteiger partial charge in [-0.2, -0.15) is 5.26 Å². The number of carbonyl (C=O) groups is 2. The zero-order chi connectivity index (χ0) is 22.4. The molecule has 0 unspecified atom stereocenters. The van der Waals surface area contributed by atoms with Crippen molar-refractivity contribution in [2.75, 3.05) is 11.9 Å². The number of esters is 1. The highest BCUT2D eigenvalue weighted by atomic mass is 16.5. The quantitative estimate of drug-likeness (QED) is 0.461. The SMILES string of the molecule is Cc1ccc(/C=C/C(=O)OCC(=O)Nc2c(C#N)c(C)c(C)n2Cc2ccccc2)o1. The second kappa shape index (κ2) is 9.63. The zero-order valence-electron chi connectivity index (χ0n) is 17.6. The van der Waals surface area contributed by atoms with Crippen LogP contribution in [0.25, 0.3) is 6.08 Å². The fourth-order valence-electron chi connectivity index (χ4n) is 3.14. The number of nitrogens with one attached hydrogen (secondary N) is 1. The maximum atomic E-state index is 12.4. The third kappa shape index (κ3) is 5.31. The Hall–Kier alpha value is -4.05. The fourth-order valence-corrected chi connectivity index (χ4v) is 3.14. The van der Waals surface area contributed by atoms with E-state index < -0.39 is 18.5 Å². The highest BCUT2D eigenvalue weighted by Gasteiger charge is 2.20. The molecule has 3 aromatic rings. The average Bonchev–Trinajstić information content (AvgIpc) is 3.28. The predicted molar refractivity (Wildman–Crippen MR) is 116 cm³/mol. The number of hydrogen-bond donors (Lipinski definition) is 1. The van der Waals surface area contributed by atoms with Crippen molar-refractivity contribution >= 4 is 23.8 Å². The van der Waals surface area contributed by atoms with Gasteiger partial charge in [-0.05, 0) is 50.1 Å². The topological polar surface area (TPSA) is 97.3 Å². The number of aryl methyl sites for hydroxylation is 1. The lowest BCUT2D eigenvalue weighted by Gasteiger charge is -2.13. The van der Waals surface area contributed by atoms with Crippen molar-refractivity contribution in [3.8, 4) is 6.07 Å². The van der Waals surface area contributed by atoms with Crippen molar-refractivity contribution in [3.05, 3.63) is 82.4 Å². The summed E-state index contributed by atoms with van der Waals surface area (Å²) in [4.78, 5) is 24.3. The van der Waals surface area contributed by atoms with Crippen molar-refractivity contribution in [2.45, 2.75) is 27.3 Å². The third-order valence-electron chi connectivity index (χ3n) is 4.87. The van der Waals surface area contributed by atoms with Crippen molar-refractivity contribution < 1.29 is 18.7 Å². The van der Waals surface area contributed by atoms with Crippen molar-refractivity contribution in [1.82, 2.24) is 4.57 Å². The van der Waals surface area contributed by atoms with Crippen LogP contribution in [0, 0.1) is 32.1 Å². The molecule has 0 atom stereocenters. The lowest BCUT2D eigenvalue weighted by Crippen LogP contribution is -2.22. The highest BCUT2D eigenvalue weighted by Crippen LogP contribution is 2.27. The number of nitrogens with zero attached hydrogens (tertiary/aromatic N) is 2. The Kier molecular flexibility index (Phi) is 6.73. The van der Waals surface area contributed by atoms with Crippen LogP contribution in [0.1, 0.15) is 33.9 Å². The van der Waals surface area contributed by atoms with E-state index in [1.807, 2.05) is 48.7 Å². The molecule has 2 heterocycles. The molecule has 0 bridgehead atoms. The summed E-state index contributed by atoms with van der Waals surface area (Å²) in [7, 11) is 0. The molecule has 7 nitrogen and oxygen atoms in total. The minimum absolute atomic E-state index is 0.390. The third-order valence-corrected chi connectivity index (χ3v) is 4.87. The summed E-state index contributed by atoms with van der Waals surface area (Å²) in [6.45, 7) is 5.56. The minimum Gasteiger partial charge on any atom is -0.462 e. The van der Waals surface area contributed by atoms with Crippen LogP contribution in [0.4, 0.5) is 5.82 Å². The van der Waals surface area contributed by atoms with Gasteiger partial charge in [0.2, 0.25) is 0 Å². The van der Waals surface area contributed by atoms with Gasteiger partial charge in [-0.1, -0.05) is 30.3 Å². The number of amides is 1. The maximum Gasteiger partial charge on any atom is 0.331 e. The second-order valence-corrected chi connectivity index (χ2v) is 7.06. The molecule has 0 spiro atoms. The number of anilines is 1. The Morgan fingerprint density at radius 1 is 1.16 bits per heavy atom. The van der Waals surface area contributed by atoms with E-state index in [4.69, 9.17) is 9.15 Å². The molecule has 2 aromatic heterocycles. The average molecular weight is 417 g/mol. The first-order valence-corrected chi connectivity index (χ1v) is 9.74. The number of furan rings is 1. The van der Waals surface area contributed by atoms with Crippen LogP contribution in [0.3, 0.4) is 0 Å². The Morgan fingerprint density at radius 2 is 1.90 bits per heavy atom. The van der Waals surface area contributed by atoms with Crippen LogP contribution in [0.15, 0.2) is 53.0 Å². The molecule has 0 radical (unpaired) electrons. The van der Waals surface area contributed by atoms with Crippen molar-refractivity contribution in [1.29, 1.82) is 5.26 Å². The van der Waals surface area contributed by atoms with E-state index in [1.54, 1.807) is 19.1 Å². The molecular weight excluding hydrogens is 394 g/mol. The van der Waals surface area contributed by atoms with E-state index in [-0.39, 0.29) is 0 Å². The lowest BCUT2D eigenvalue weighted by molar-refractivity contribution is -0.142. The summed E-state index contributed by atoms with van der Waals surface area (Å²) in [5.74, 6) is 0.437. The van der Waals surface area contributed by atoms with Gasteiger partial charge in [0.25, 0.3) is 5.91 Å². The Balaban J connectivity index is 1.68. The molecule has 7 heteroatoms. The largest absolute Gasteiger partial charge is 0.462 e. The highest BCUT2D eigenvalue weighted by molar-refractivity contribution is 5.95. The molecular formula is C24H23N3O4. The summed E-state index contributed by atoms with van der Waals surface area (Å²) in [5.41, 5.74) is 3.10. The van der Waals surface area contributed by atoms with Crippen LogP contribution >= 0.6 is 0 Å². The van der Waals surface area contributed by atoms with Crippen LogP contribution in [-0.2, 0) is 20.9 Å². The van der Waals surface area contributed by atoms with Gasteiger partial charge >= 0.3 is 5.97 Å². The summed E-state index contributed by atoms with van der Waals surface area (Å²) in [6.07, 6.45) is 2.66. The van der Waals surface area contributed by atoms with E-state index >= 15 is 0 Å². The van der Waals surface area contributed by atoms with Crippen LogP contribution in [-0.4, -0.2) is 23.1 Å². The Morgan fingerprint density at radius 3 is 2.55 bits per heavy atom. The van der Waals surface area contributed by atoms with Crippen molar-refractivity contribution in [2.24, 2.45) is 0 Å². The Labute approximate surface area is 180 Å². The van der Waals surface area contributed by atoms with E-state index in [0.29, 0.717) is 23.7 Å². The summed E-state index contributed by atoms with van der Waals surface area (Å²) >= 11 is 0. The van der Waals surface area contributed by atoms with Gasteiger partial charge in [-0.25, -0.2) is 4.79 Å². The minimum atomic E-state index is -0.670. The number of benzene rings is 1. The van der Waals surface area contributed by atoms with E-state index in [1.165, 1.54) is 12.2 Å². The molecule has 0 aliphatic carbocycles. The number of rotatable bonds is 7.